The summed E-state index contributed by atoms with van der Waals surface area (Å²) >= 11 is 0. The maximum Gasteiger partial charge on any atom is 0.261 e. The summed E-state index contributed by atoms with van der Waals surface area (Å²) in [4.78, 5) is 0.251. The van der Waals surface area contributed by atoms with Gasteiger partial charge in [0.05, 0.1) is 4.90 Å². The molecule has 158 valence electrons. The summed E-state index contributed by atoms with van der Waals surface area (Å²) in [6.45, 7) is 2.95. The van der Waals surface area contributed by atoms with Crippen molar-refractivity contribution in [3.05, 3.63) is 84.4 Å². The summed E-state index contributed by atoms with van der Waals surface area (Å²) in [5, 5.41) is 0. The van der Waals surface area contributed by atoms with E-state index in [-0.39, 0.29) is 4.90 Å². The van der Waals surface area contributed by atoms with E-state index in [4.69, 9.17) is 9.47 Å². The second-order valence-corrected chi connectivity index (χ2v) is 8.57. The highest BCUT2D eigenvalue weighted by Gasteiger charge is 2.14. The van der Waals surface area contributed by atoms with Crippen LogP contribution >= 0.6 is 0 Å². The number of benzene rings is 3. The van der Waals surface area contributed by atoms with E-state index in [1.54, 1.807) is 36.4 Å². The van der Waals surface area contributed by atoms with Crippen LogP contribution in [0.4, 0.5) is 5.69 Å². The fraction of sp³-hybridized carbons (Fsp3) is 0.250. The van der Waals surface area contributed by atoms with Crippen LogP contribution in [-0.2, 0) is 16.4 Å². The van der Waals surface area contributed by atoms with Gasteiger partial charge in [0.2, 0.25) is 0 Å². The minimum atomic E-state index is -3.63. The minimum Gasteiger partial charge on any atom is -0.490 e. The molecule has 30 heavy (non-hydrogen) atoms. The number of aryl methyl sites for hydroxylation is 1. The topological polar surface area (TPSA) is 64.6 Å². The molecule has 3 aromatic rings. The zero-order valence-corrected chi connectivity index (χ0v) is 17.9. The minimum absolute atomic E-state index is 0.251. The number of hydrogen-bond donors (Lipinski definition) is 1. The highest BCUT2D eigenvalue weighted by atomic mass is 32.2. The summed E-state index contributed by atoms with van der Waals surface area (Å²) in [7, 11) is -3.63. The van der Waals surface area contributed by atoms with E-state index < -0.39 is 10.0 Å². The molecule has 0 aliphatic heterocycles. The first-order chi connectivity index (χ1) is 14.6. The lowest BCUT2D eigenvalue weighted by molar-refractivity contribution is 0.217. The lowest BCUT2D eigenvalue weighted by Gasteiger charge is -2.11. The zero-order chi connectivity index (χ0) is 21.2. The van der Waals surface area contributed by atoms with Crippen molar-refractivity contribution in [2.24, 2.45) is 0 Å². The highest BCUT2D eigenvalue weighted by Crippen LogP contribution is 2.20. The van der Waals surface area contributed by atoms with Crippen molar-refractivity contribution in [2.75, 3.05) is 17.9 Å². The molecule has 5 nitrogen and oxygen atoms in total. The fourth-order valence-electron chi connectivity index (χ4n) is 2.89. The van der Waals surface area contributed by atoms with Gasteiger partial charge in [0.1, 0.15) is 24.7 Å². The van der Waals surface area contributed by atoms with E-state index in [0.29, 0.717) is 24.7 Å². The molecule has 0 unspecified atom stereocenters. The lowest BCUT2D eigenvalue weighted by Crippen LogP contribution is -2.13. The number of ether oxygens (including phenoxy) is 2. The molecule has 0 aliphatic rings. The van der Waals surface area contributed by atoms with Gasteiger partial charge < -0.3 is 9.47 Å². The third kappa shape index (κ3) is 6.52. The normalized spacial score (nSPS) is 11.1. The largest absolute Gasteiger partial charge is 0.490 e. The Labute approximate surface area is 178 Å². The van der Waals surface area contributed by atoms with Gasteiger partial charge in [-0.25, -0.2) is 8.42 Å². The van der Waals surface area contributed by atoms with Crippen molar-refractivity contribution >= 4 is 15.7 Å². The maximum atomic E-state index is 12.6. The fourth-order valence-corrected chi connectivity index (χ4v) is 3.94. The molecule has 0 bridgehead atoms. The Hall–Kier alpha value is -2.99. The van der Waals surface area contributed by atoms with E-state index >= 15 is 0 Å². The molecule has 0 spiro atoms. The van der Waals surface area contributed by atoms with Crippen LogP contribution in [0.1, 0.15) is 25.3 Å². The van der Waals surface area contributed by atoms with Gasteiger partial charge in [-0.3, -0.25) is 4.72 Å². The van der Waals surface area contributed by atoms with Crippen molar-refractivity contribution in [2.45, 2.75) is 31.1 Å². The Morgan fingerprint density at radius 2 is 1.37 bits per heavy atom. The van der Waals surface area contributed by atoms with Gasteiger partial charge in [0.25, 0.3) is 10.0 Å². The Kier molecular flexibility index (Phi) is 7.74. The Morgan fingerprint density at radius 1 is 0.767 bits per heavy atom. The van der Waals surface area contributed by atoms with Crippen molar-refractivity contribution in [1.82, 2.24) is 0 Å². The first kappa shape index (κ1) is 21.7. The van der Waals surface area contributed by atoms with E-state index in [9.17, 15) is 8.42 Å². The van der Waals surface area contributed by atoms with Crippen LogP contribution < -0.4 is 14.2 Å². The Bertz CT molecular complexity index is 1000. The van der Waals surface area contributed by atoms with Crippen molar-refractivity contribution in [3.8, 4) is 11.5 Å². The molecule has 0 saturated carbocycles. The number of para-hydroxylation sites is 1. The quantitative estimate of drug-likeness (QED) is 0.424. The van der Waals surface area contributed by atoms with Crippen LogP contribution in [0, 0.1) is 0 Å². The Balaban J connectivity index is 1.50. The maximum absolute atomic E-state index is 12.6. The van der Waals surface area contributed by atoms with E-state index in [1.165, 1.54) is 0 Å². The van der Waals surface area contributed by atoms with Crippen molar-refractivity contribution in [1.29, 1.82) is 0 Å². The predicted octanol–water partition coefficient (Wildman–Crippen LogP) is 5.29. The monoisotopic (exact) mass is 425 g/mol. The van der Waals surface area contributed by atoms with Crippen LogP contribution in [0.15, 0.2) is 83.8 Å². The molecule has 6 heteroatoms. The standard InChI is InChI=1S/C24H27NO4S/c1-2-3-7-20-10-16-24(17-11-20)30(26,27)25-21-12-14-23(15-13-21)29-19-18-28-22-8-5-4-6-9-22/h4-6,8-17,25H,2-3,7,18-19H2,1H3. The molecule has 0 amide bonds. The van der Waals surface area contributed by atoms with Crippen LogP contribution in [-0.4, -0.2) is 21.6 Å². The molecule has 0 aliphatic carbocycles. The van der Waals surface area contributed by atoms with Gasteiger partial charge >= 0.3 is 0 Å². The first-order valence-corrected chi connectivity index (χ1v) is 11.6. The zero-order valence-electron chi connectivity index (χ0n) is 17.1. The molecular weight excluding hydrogens is 398 g/mol. The molecule has 0 fully saturated rings. The van der Waals surface area contributed by atoms with Gasteiger partial charge in [-0.1, -0.05) is 43.7 Å². The molecule has 0 atom stereocenters. The summed E-state index contributed by atoms with van der Waals surface area (Å²) in [6.07, 6.45) is 3.17. The third-order valence-corrected chi connectivity index (χ3v) is 5.92. The predicted molar refractivity (Wildman–Crippen MR) is 120 cm³/mol. The second-order valence-electron chi connectivity index (χ2n) is 6.89. The SMILES string of the molecule is CCCCc1ccc(S(=O)(=O)Nc2ccc(OCCOc3ccccc3)cc2)cc1. The summed E-state index contributed by atoms with van der Waals surface area (Å²) in [5.41, 5.74) is 1.63. The number of sulfonamides is 1. The van der Waals surface area contributed by atoms with Crippen molar-refractivity contribution in [3.63, 3.8) is 0 Å². The molecule has 0 saturated heterocycles. The summed E-state index contributed by atoms with van der Waals surface area (Å²) in [6, 6.07) is 23.4. The summed E-state index contributed by atoms with van der Waals surface area (Å²) < 4.78 is 39.0. The molecule has 0 heterocycles. The number of rotatable bonds is 11. The second kappa shape index (κ2) is 10.7. The number of nitrogens with one attached hydrogen (secondary N) is 1. The van der Waals surface area contributed by atoms with Gasteiger partial charge in [0.15, 0.2) is 0 Å². The van der Waals surface area contributed by atoms with Crippen LogP contribution in [0.25, 0.3) is 0 Å². The highest BCUT2D eigenvalue weighted by molar-refractivity contribution is 7.92. The average molecular weight is 426 g/mol. The van der Waals surface area contributed by atoms with Gasteiger partial charge in [-0.2, -0.15) is 0 Å². The number of hydrogen-bond acceptors (Lipinski definition) is 4. The van der Waals surface area contributed by atoms with E-state index in [1.807, 2.05) is 42.5 Å². The van der Waals surface area contributed by atoms with E-state index in [2.05, 4.69) is 11.6 Å². The molecular formula is C24H27NO4S. The molecule has 1 N–H and O–H groups in total. The van der Waals surface area contributed by atoms with Gasteiger partial charge in [-0.15, -0.1) is 0 Å². The number of unbranched alkanes of at least 4 members (excludes halogenated alkanes) is 1. The first-order valence-electron chi connectivity index (χ1n) is 10.1. The molecule has 0 radical (unpaired) electrons. The molecule has 3 aromatic carbocycles. The van der Waals surface area contributed by atoms with Crippen LogP contribution in [0.5, 0.6) is 11.5 Å². The number of anilines is 1. The Morgan fingerprint density at radius 3 is 1.97 bits per heavy atom. The van der Waals surface area contributed by atoms with Gasteiger partial charge in [0, 0.05) is 5.69 Å². The van der Waals surface area contributed by atoms with Gasteiger partial charge in [-0.05, 0) is 66.9 Å². The average Bonchev–Trinajstić information content (AvgIpc) is 2.77. The third-order valence-electron chi connectivity index (χ3n) is 4.52. The lowest BCUT2D eigenvalue weighted by atomic mass is 10.1. The summed E-state index contributed by atoms with van der Waals surface area (Å²) in [5.74, 6) is 1.44. The van der Waals surface area contributed by atoms with E-state index in [0.717, 1.165) is 30.6 Å². The molecule has 3 rings (SSSR count). The van der Waals surface area contributed by atoms with Crippen molar-refractivity contribution < 1.29 is 17.9 Å². The molecule has 0 aromatic heterocycles. The van der Waals surface area contributed by atoms with Crippen LogP contribution in [0.2, 0.25) is 0 Å². The van der Waals surface area contributed by atoms with Crippen LogP contribution in [0.3, 0.4) is 0 Å². The smallest absolute Gasteiger partial charge is 0.261 e.